The number of rotatable bonds is 3. The number of carbonyl (C=O) groups is 1. The number of carbonyl (C=O) groups excluding carboxylic acids is 1. The van der Waals surface area contributed by atoms with E-state index in [0.29, 0.717) is 0 Å². The lowest BCUT2D eigenvalue weighted by Gasteiger charge is -2.35. The first kappa shape index (κ1) is 13.2. The van der Waals surface area contributed by atoms with Gasteiger partial charge in [-0.1, -0.05) is 0 Å². The van der Waals surface area contributed by atoms with Crippen molar-refractivity contribution in [2.45, 2.75) is 26.4 Å². The van der Waals surface area contributed by atoms with E-state index in [2.05, 4.69) is 17.4 Å². The molecule has 0 aromatic heterocycles. The fraction of sp³-hybridized carbons (Fsp3) is 0.533. The van der Waals surface area contributed by atoms with Gasteiger partial charge in [-0.3, -0.25) is 4.90 Å². The van der Waals surface area contributed by atoms with E-state index in [1.807, 2.05) is 16.7 Å². The van der Waals surface area contributed by atoms with Crippen molar-refractivity contribution in [2.75, 3.05) is 31.6 Å². The molecule has 0 bridgehead atoms. The summed E-state index contributed by atoms with van der Waals surface area (Å²) in [5, 5.41) is 3.33. The number of nitrogens with one attached hydrogen (secondary N) is 1. The highest BCUT2D eigenvalue weighted by Gasteiger charge is 2.28. The molecule has 1 saturated heterocycles. The molecule has 0 saturated carbocycles. The van der Waals surface area contributed by atoms with Gasteiger partial charge in [-0.25, -0.2) is 4.79 Å². The summed E-state index contributed by atoms with van der Waals surface area (Å²) in [6.07, 6.45) is 0.998. The number of anilines is 1. The normalized spacial score (nSPS) is 18.4. The highest BCUT2D eigenvalue weighted by atomic mass is 16.5. The van der Waals surface area contributed by atoms with Crippen LogP contribution in [0.5, 0.6) is 5.75 Å². The highest BCUT2D eigenvalue weighted by molar-refractivity contribution is 5.94. The fourth-order valence-electron chi connectivity index (χ4n) is 2.99. The minimum Gasteiger partial charge on any atom is -0.495 e. The molecule has 0 atom stereocenters. The zero-order chi connectivity index (χ0) is 14.1. The van der Waals surface area contributed by atoms with Gasteiger partial charge in [0.25, 0.3) is 0 Å². The first-order valence-corrected chi connectivity index (χ1v) is 7.21. The zero-order valence-electron chi connectivity index (χ0n) is 12.1. The number of benzene rings is 1. The second-order valence-electron chi connectivity index (χ2n) is 5.26. The van der Waals surface area contributed by atoms with Gasteiger partial charge in [0.15, 0.2) is 0 Å². The molecule has 0 radical (unpaired) electrons. The Morgan fingerprint density at radius 1 is 1.25 bits per heavy atom. The lowest BCUT2D eigenvalue weighted by Crippen LogP contribution is -2.49. The van der Waals surface area contributed by atoms with Crippen LogP contribution in [0.4, 0.5) is 10.5 Å². The van der Waals surface area contributed by atoms with Gasteiger partial charge < -0.3 is 15.0 Å². The lowest BCUT2D eigenvalue weighted by molar-refractivity contribution is 0.198. The zero-order valence-corrected chi connectivity index (χ0v) is 12.1. The number of urea groups is 1. The van der Waals surface area contributed by atoms with Crippen LogP contribution in [0.25, 0.3) is 0 Å². The molecule has 1 aromatic rings. The van der Waals surface area contributed by atoms with Crippen LogP contribution in [0.15, 0.2) is 12.1 Å². The van der Waals surface area contributed by atoms with Crippen LogP contribution in [0.2, 0.25) is 0 Å². The van der Waals surface area contributed by atoms with Crippen LogP contribution in [-0.2, 0) is 13.1 Å². The molecule has 0 unspecified atom stereocenters. The van der Waals surface area contributed by atoms with E-state index in [0.717, 1.165) is 50.6 Å². The Hall–Kier alpha value is -1.75. The highest BCUT2D eigenvalue weighted by Crippen LogP contribution is 2.35. The van der Waals surface area contributed by atoms with Gasteiger partial charge >= 0.3 is 6.03 Å². The number of nitrogens with zero attached hydrogens (tertiary/aromatic N) is 2. The topological polar surface area (TPSA) is 44.8 Å². The fourth-order valence-corrected chi connectivity index (χ4v) is 2.99. The first-order chi connectivity index (χ1) is 9.74. The van der Waals surface area contributed by atoms with E-state index < -0.39 is 0 Å². The van der Waals surface area contributed by atoms with Crippen molar-refractivity contribution in [2.24, 2.45) is 0 Å². The predicted molar refractivity (Wildman–Crippen MR) is 78.1 cm³/mol. The molecule has 2 aliphatic heterocycles. The Morgan fingerprint density at radius 3 is 2.70 bits per heavy atom. The van der Waals surface area contributed by atoms with Crippen LogP contribution in [-0.4, -0.2) is 37.7 Å². The van der Waals surface area contributed by atoms with Crippen molar-refractivity contribution in [3.8, 4) is 5.75 Å². The second kappa shape index (κ2) is 5.32. The summed E-state index contributed by atoms with van der Waals surface area (Å²) in [6, 6.07) is 4.25. The van der Waals surface area contributed by atoms with E-state index in [1.165, 1.54) is 11.1 Å². The molecule has 5 heteroatoms. The molecule has 2 heterocycles. The molecule has 1 fully saturated rings. The SMILES string of the molecule is CCN1CCCN(c2cc3c(cc2OC)CNC3)C1=O. The Morgan fingerprint density at radius 2 is 2.00 bits per heavy atom. The van der Waals surface area contributed by atoms with Crippen molar-refractivity contribution in [1.82, 2.24) is 10.2 Å². The molecular formula is C15H21N3O2. The number of amides is 2. The average Bonchev–Trinajstić information content (AvgIpc) is 2.93. The molecule has 1 aromatic carbocycles. The minimum atomic E-state index is 0.0861. The molecule has 0 spiro atoms. The summed E-state index contributed by atoms with van der Waals surface area (Å²) in [7, 11) is 1.67. The molecule has 5 nitrogen and oxygen atoms in total. The van der Waals surface area contributed by atoms with E-state index in [1.54, 1.807) is 7.11 Å². The summed E-state index contributed by atoms with van der Waals surface area (Å²) in [4.78, 5) is 16.2. The Bertz CT molecular complexity index is 530. The van der Waals surface area contributed by atoms with Gasteiger partial charge in [0.1, 0.15) is 5.75 Å². The molecule has 2 amide bonds. The van der Waals surface area contributed by atoms with Crippen molar-refractivity contribution in [3.63, 3.8) is 0 Å². The van der Waals surface area contributed by atoms with Gasteiger partial charge in [0.05, 0.1) is 12.8 Å². The number of fused-ring (bicyclic) bond motifs is 1. The molecule has 3 rings (SSSR count). The molecule has 1 N–H and O–H groups in total. The monoisotopic (exact) mass is 275 g/mol. The average molecular weight is 275 g/mol. The van der Waals surface area contributed by atoms with Crippen molar-refractivity contribution in [3.05, 3.63) is 23.3 Å². The number of hydrogen-bond donors (Lipinski definition) is 1. The van der Waals surface area contributed by atoms with Gasteiger partial charge in [0.2, 0.25) is 0 Å². The van der Waals surface area contributed by atoms with E-state index in [4.69, 9.17) is 4.74 Å². The third kappa shape index (κ3) is 2.12. The molecule has 2 aliphatic rings. The minimum absolute atomic E-state index is 0.0861. The standard InChI is InChI=1S/C15H21N3O2/c1-3-17-5-4-6-18(15(17)19)13-7-11-9-16-10-12(11)8-14(13)20-2/h7-8,16H,3-6,9-10H2,1-2H3. The van der Waals surface area contributed by atoms with Crippen LogP contribution in [0.3, 0.4) is 0 Å². The maximum atomic E-state index is 12.5. The third-order valence-corrected chi connectivity index (χ3v) is 4.12. The van der Waals surface area contributed by atoms with Gasteiger partial charge in [-0.05, 0) is 36.6 Å². The van der Waals surface area contributed by atoms with Crippen LogP contribution < -0.4 is 15.0 Å². The molecular weight excluding hydrogens is 254 g/mol. The van der Waals surface area contributed by atoms with Crippen molar-refractivity contribution < 1.29 is 9.53 Å². The predicted octanol–water partition coefficient (Wildman–Crippen LogP) is 1.95. The van der Waals surface area contributed by atoms with Gasteiger partial charge in [-0.15, -0.1) is 0 Å². The molecule has 0 aliphatic carbocycles. The summed E-state index contributed by atoms with van der Waals surface area (Å²) in [6.45, 7) is 6.13. The summed E-state index contributed by atoms with van der Waals surface area (Å²) in [5.74, 6) is 0.791. The van der Waals surface area contributed by atoms with E-state index >= 15 is 0 Å². The Labute approximate surface area is 119 Å². The summed E-state index contributed by atoms with van der Waals surface area (Å²) >= 11 is 0. The summed E-state index contributed by atoms with van der Waals surface area (Å²) in [5.41, 5.74) is 3.43. The Kier molecular flexibility index (Phi) is 3.53. The first-order valence-electron chi connectivity index (χ1n) is 7.21. The van der Waals surface area contributed by atoms with Gasteiger partial charge in [-0.2, -0.15) is 0 Å². The van der Waals surface area contributed by atoms with E-state index in [9.17, 15) is 4.79 Å². The van der Waals surface area contributed by atoms with Crippen LogP contribution in [0, 0.1) is 0 Å². The van der Waals surface area contributed by atoms with Crippen molar-refractivity contribution >= 4 is 11.7 Å². The maximum Gasteiger partial charge on any atom is 0.324 e. The van der Waals surface area contributed by atoms with Crippen LogP contribution >= 0.6 is 0 Å². The lowest BCUT2D eigenvalue weighted by atomic mass is 10.1. The number of ether oxygens (including phenoxy) is 1. The smallest absolute Gasteiger partial charge is 0.324 e. The summed E-state index contributed by atoms with van der Waals surface area (Å²) < 4.78 is 5.50. The van der Waals surface area contributed by atoms with E-state index in [-0.39, 0.29) is 6.03 Å². The second-order valence-corrected chi connectivity index (χ2v) is 5.26. The number of methoxy groups -OCH3 is 1. The Balaban J connectivity index is 1.98. The third-order valence-electron chi connectivity index (χ3n) is 4.12. The number of hydrogen-bond acceptors (Lipinski definition) is 3. The van der Waals surface area contributed by atoms with Crippen molar-refractivity contribution in [1.29, 1.82) is 0 Å². The van der Waals surface area contributed by atoms with Crippen LogP contribution in [0.1, 0.15) is 24.5 Å². The molecule has 20 heavy (non-hydrogen) atoms. The quantitative estimate of drug-likeness (QED) is 0.917. The maximum absolute atomic E-state index is 12.5. The van der Waals surface area contributed by atoms with Gasteiger partial charge in [0, 0.05) is 32.7 Å². The largest absolute Gasteiger partial charge is 0.495 e. The molecule has 108 valence electrons.